The average Bonchev–Trinajstić information content (AvgIpc) is 2.01. The lowest BCUT2D eigenvalue weighted by molar-refractivity contribution is -0.154. The van der Waals surface area contributed by atoms with E-state index in [0.29, 0.717) is 6.42 Å². The molecule has 0 aromatic rings. The third-order valence-corrected chi connectivity index (χ3v) is 1.41. The van der Waals surface area contributed by atoms with Crippen molar-refractivity contribution in [2.24, 2.45) is 0 Å². The fourth-order valence-electron chi connectivity index (χ4n) is 0.880. The van der Waals surface area contributed by atoms with E-state index in [1.165, 1.54) is 13.0 Å². The maximum atomic E-state index is 10.7. The van der Waals surface area contributed by atoms with Crippen LogP contribution in [0, 0.1) is 0 Å². The molecule has 0 spiro atoms. The zero-order chi connectivity index (χ0) is 8.97. The second-order valence-corrected chi connectivity index (χ2v) is 2.50. The van der Waals surface area contributed by atoms with Gasteiger partial charge in [-0.2, -0.15) is 0 Å². The Balaban J connectivity index is 2.30. The summed E-state index contributed by atoms with van der Waals surface area (Å²) >= 11 is 0. The molecule has 0 saturated carbocycles. The van der Waals surface area contributed by atoms with Crippen molar-refractivity contribution in [3.8, 4) is 0 Å². The molecule has 1 atom stereocenters. The summed E-state index contributed by atoms with van der Waals surface area (Å²) in [6, 6.07) is 0. The highest BCUT2D eigenvalue weighted by atomic mass is 16.6. The molecular weight excluding hydrogens is 160 g/mol. The number of carbonyl (C=O) groups is 2. The summed E-state index contributed by atoms with van der Waals surface area (Å²) in [5.74, 6) is -0.737. The Labute approximate surface area is 70.1 Å². The Morgan fingerprint density at radius 1 is 1.83 bits per heavy atom. The maximum Gasteiger partial charge on any atom is 0.330 e. The van der Waals surface area contributed by atoms with Gasteiger partial charge in [0.1, 0.15) is 12.7 Å². The van der Waals surface area contributed by atoms with Crippen molar-refractivity contribution in [1.29, 1.82) is 0 Å². The number of ether oxygens (including phenoxy) is 2. The highest BCUT2D eigenvalue weighted by Crippen LogP contribution is 2.07. The van der Waals surface area contributed by atoms with Gasteiger partial charge in [-0.15, -0.1) is 0 Å². The van der Waals surface area contributed by atoms with Crippen molar-refractivity contribution in [2.45, 2.75) is 19.4 Å². The Morgan fingerprint density at radius 3 is 3.17 bits per heavy atom. The van der Waals surface area contributed by atoms with Gasteiger partial charge in [0.15, 0.2) is 0 Å². The molecule has 1 unspecified atom stereocenters. The molecule has 0 aromatic heterocycles. The molecule has 0 saturated heterocycles. The summed E-state index contributed by atoms with van der Waals surface area (Å²) in [7, 11) is 0. The minimum absolute atomic E-state index is 0.144. The first-order valence-corrected chi connectivity index (χ1v) is 3.69. The molecule has 0 aliphatic carbocycles. The summed E-state index contributed by atoms with van der Waals surface area (Å²) in [4.78, 5) is 21.1. The van der Waals surface area contributed by atoms with E-state index in [1.807, 2.05) is 0 Å². The SMILES string of the molecule is CC(=O)OCC1CC=CC(=O)O1. The second-order valence-electron chi connectivity index (χ2n) is 2.50. The van der Waals surface area contributed by atoms with E-state index in [-0.39, 0.29) is 24.6 Å². The fraction of sp³-hybridized carbons (Fsp3) is 0.500. The standard InChI is InChI=1S/C8H10O4/c1-6(9)11-5-7-3-2-4-8(10)12-7/h2,4,7H,3,5H2,1H3. The van der Waals surface area contributed by atoms with E-state index in [1.54, 1.807) is 6.08 Å². The van der Waals surface area contributed by atoms with Gasteiger partial charge in [-0.3, -0.25) is 4.79 Å². The van der Waals surface area contributed by atoms with E-state index in [0.717, 1.165) is 0 Å². The first-order chi connectivity index (χ1) is 5.68. The Bertz CT molecular complexity index is 219. The molecular formula is C8H10O4. The number of esters is 2. The molecule has 4 heteroatoms. The van der Waals surface area contributed by atoms with Gasteiger partial charge in [-0.25, -0.2) is 4.79 Å². The predicted octanol–water partition coefficient (Wildman–Crippen LogP) is 0.421. The van der Waals surface area contributed by atoms with Crippen molar-refractivity contribution in [1.82, 2.24) is 0 Å². The van der Waals surface area contributed by atoms with Crippen molar-refractivity contribution in [3.05, 3.63) is 12.2 Å². The Morgan fingerprint density at radius 2 is 2.58 bits per heavy atom. The number of cyclic esters (lactones) is 1. The molecule has 66 valence electrons. The molecule has 1 rings (SSSR count). The van der Waals surface area contributed by atoms with Crippen molar-refractivity contribution in [3.63, 3.8) is 0 Å². The van der Waals surface area contributed by atoms with Gasteiger partial charge in [-0.05, 0) is 0 Å². The smallest absolute Gasteiger partial charge is 0.330 e. The van der Waals surface area contributed by atoms with Crippen LogP contribution in [0.2, 0.25) is 0 Å². The van der Waals surface area contributed by atoms with Crippen LogP contribution in [0.25, 0.3) is 0 Å². The first-order valence-electron chi connectivity index (χ1n) is 3.69. The quantitative estimate of drug-likeness (QED) is 0.563. The van der Waals surface area contributed by atoms with Gasteiger partial charge in [0.2, 0.25) is 0 Å². The second kappa shape index (κ2) is 3.90. The van der Waals surface area contributed by atoms with Gasteiger partial charge >= 0.3 is 11.9 Å². The number of hydrogen-bond acceptors (Lipinski definition) is 4. The summed E-state index contributed by atoms with van der Waals surface area (Å²) < 4.78 is 9.51. The van der Waals surface area contributed by atoms with E-state index < -0.39 is 0 Å². The van der Waals surface area contributed by atoms with Crippen LogP contribution in [-0.2, 0) is 19.1 Å². The van der Waals surface area contributed by atoms with Gasteiger partial charge in [-0.1, -0.05) is 6.08 Å². The molecule has 0 fully saturated rings. The highest BCUT2D eigenvalue weighted by molar-refractivity contribution is 5.82. The normalized spacial score (nSPS) is 21.8. The van der Waals surface area contributed by atoms with Crippen LogP contribution < -0.4 is 0 Å². The van der Waals surface area contributed by atoms with E-state index >= 15 is 0 Å². The van der Waals surface area contributed by atoms with Gasteiger partial charge < -0.3 is 9.47 Å². The molecule has 0 N–H and O–H groups in total. The largest absolute Gasteiger partial charge is 0.462 e. The zero-order valence-corrected chi connectivity index (χ0v) is 6.78. The van der Waals surface area contributed by atoms with Crippen LogP contribution in [-0.4, -0.2) is 24.6 Å². The van der Waals surface area contributed by atoms with Crippen LogP contribution in [0.1, 0.15) is 13.3 Å². The lowest BCUT2D eigenvalue weighted by Crippen LogP contribution is -2.25. The van der Waals surface area contributed by atoms with E-state index in [4.69, 9.17) is 4.74 Å². The first kappa shape index (κ1) is 8.77. The highest BCUT2D eigenvalue weighted by Gasteiger charge is 2.16. The molecule has 0 radical (unpaired) electrons. The van der Waals surface area contributed by atoms with Gasteiger partial charge in [0.25, 0.3) is 0 Å². The third-order valence-electron chi connectivity index (χ3n) is 1.41. The maximum absolute atomic E-state index is 10.7. The van der Waals surface area contributed by atoms with Crippen LogP contribution in [0.3, 0.4) is 0 Å². The molecule has 0 amide bonds. The molecule has 1 aliphatic rings. The lowest BCUT2D eigenvalue weighted by Gasteiger charge is -2.17. The predicted molar refractivity (Wildman–Crippen MR) is 40.3 cm³/mol. The number of carbonyl (C=O) groups excluding carboxylic acids is 2. The molecule has 1 aliphatic heterocycles. The fourth-order valence-corrected chi connectivity index (χ4v) is 0.880. The summed E-state index contributed by atoms with van der Waals surface area (Å²) in [6.45, 7) is 1.46. The number of hydrogen-bond donors (Lipinski definition) is 0. The lowest BCUT2D eigenvalue weighted by atomic mass is 10.2. The third kappa shape index (κ3) is 2.74. The van der Waals surface area contributed by atoms with Crippen LogP contribution in [0.15, 0.2) is 12.2 Å². The molecule has 12 heavy (non-hydrogen) atoms. The minimum Gasteiger partial charge on any atom is -0.462 e. The van der Waals surface area contributed by atoms with Crippen LogP contribution >= 0.6 is 0 Å². The molecule has 0 bridgehead atoms. The molecule has 0 aromatic carbocycles. The zero-order valence-electron chi connectivity index (χ0n) is 6.78. The molecule has 4 nitrogen and oxygen atoms in total. The van der Waals surface area contributed by atoms with Gasteiger partial charge in [0, 0.05) is 19.4 Å². The minimum atomic E-state index is -0.376. The van der Waals surface area contributed by atoms with Gasteiger partial charge in [0.05, 0.1) is 0 Å². The summed E-state index contributed by atoms with van der Waals surface area (Å²) in [5.41, 5.74) is 0. The van der Waals surface area contributed by atoms with Crippen molar-refractivity contribution < 1.29 is 19.1 Å². The average molecular weight is 170 g/mol. The molecule has 1 heterocycles. The summed E-state index contributed by atoms with van der Waals surface area (Å²) in [6.07, 6.45) is 3.37. The Kier molecular flexibility index (Phi) is 2.85. The van der Waals surface area contributed by atoms with Crippen LogP contribution in [0.5, 0.6) is 0 Å². The van der Waals surface area contributed by atoms with E-state index in [9.17, 15) is 9.59 Å². The Hall–Kier alpha value is -1.32. The number of rotatable bonds is 2. The monoisotopic (exact) mass is 170 g/mol. The summed E-state index contributed by atoms with van der Waals surface area (Å²) in [5, 5.41) is 0. The van der Waals surface area contributed by atoms with Crippen LogP contribution in [0.4, 0.5) is 0 Å². The van der Waals surface area contributed by atoms with E-state index in [2.05, 4.69) is 4.74 Å². The van der Waals surface area contributed by atoms with Crippen molar-refractivity contribution >= 4 is 11.9 Å². The topological polar surface area (TPSA) is 52.6 Å². The van der Waals surface area contributed by atoms with Crippen molar-refractivity contribution in [2.75, 3.05) is 6.61 Å².